The van der Waals surface area contributed by atoms with Crippen molar-refractivity contribution >= 4 is 15.9 Å². The van der Waals surface area contributed by atoms with Gasteiger partial charge in [0.1, 0.15) is 18.1 Å². The lowest BCUT2D eigenvalue weighted by molar-refractivity contribution is 0.247. The van der Waals surface area contributed by atoms with Crippen molar-refractivity contribution in [2.75, 3.05) is 0 Å². The molecule has 0 radical (unpaired) electrons. The lowest BCUT2D eigenvalue weighted by Gasteiger charge is -1.79. The fourth-order valence-corrected chi connectivity index (χ4v) is 1.11. The van der Waals surface area contributed by atoms with Crippen LogP contribution in [0.3, 0.4) is 0 Å². The summed E-state index contributed by atoms with van der Waals surface area (Å²) >= 11 is 3.24. The first kappa shape index (κ1) is 11.1. The number of furan rings is 2. The van der Waals surface area contributed by atoms with E-state index in [1.165, 1.54) is 6.26 Å². The molecule has 14 heavy (non-hydrogen) atoms. The molecule has 0 fully saturated rings. The van der Waals surface area contributed by atoms with Gasteiger partial charge in [0, 0.05) is 0 Å². The lowest BCUT2D eigenvalue weighted by Crippen LogP contribution is -1.72. The second-order valence-corrected chi connectivity index (χ2v) is 3.01. The third-order valence-electron chi connectivity index (χ3n) is 1.45. The van der Waals surface area contributed by atoms with Crippen LogP contribution in [0.2, 0.25) is 0 Å². The highest BCUT2D eigenvalue weighted by molar-refractivity contribution is 9.08. The van der Waals surface area contributed by atoms with Crippen molar-refractivity contribution < 1.29 is 13.9 Å². The lowest BCUT2D eigenvalue weighted by atomic mass is 10.5. The smallest absolute Gasteiger partial charge is 0.129 e. The molecule has 0 spiro atoms. The summed E-state index contributed by atoms with van der Waals surface area (Å²) in [6, 6.07) is 7.26. The van der Waals surface area contributed by atoms with E-state index < -0.39 is 0 Å². The number of halogens is 1. The van der Waals surface area contributed by atoms with Gasteiger partial charge in [0.25, 0.3) is 0 Å². The van der Waals surface area contributed by atoms with Crippen molar-refractivity contribution in [3.63, 3.8) is 0 Å². The molecule has 0 unspecified atom stereocenters. The van der Waals surface area contributed by atoms with Crippen molar-refractivity contribution in [3.8, 4) is 0 Å². The number of aliphatic hydroxyl groups excluding tert-OH is 1. The second kappa shape index (κ2) is 6.45. The largest absolute Gasteiger partial charge is 0.468 e. The Bertz CT molecular complexity index is 279. The van der Waals surface area contributed by atoms with Gasteiger partial charge in [-0.05, 0) is 24.3 Å². The van der Waals surface area contributed by atoms with Crippen molar-refractivity contribution in [1.29, 1.82) is 0 Å². The van der Waals surface area contributed by atoms with Crippen LogP contribution in [0.5, 0.6) is 0 Å². The van der Waals surface area contributed by atoms with Crippen LogP contribution in [-0.2, 0) is 11.9 Å². The summed E-state index contributed by atoms with van der Waals surface area (Å²) in [7, 11) is 0. The Labute approximate surface area is 90.5 Å². The highest BCUT2D eigenvalue weighted by Gasteiger charge is 1.86. The monoisotopic (exact) mass is 258 g/mol. The third kappa shape index (κ3) is 3.81. The molecule has 2 rings (SSSR count). The van der Waals surface area contributed by atoms with Crippen LogP contribution >= 0.6 is 15.9 Å². The summed E-state index contributed by atoms with van der Waals surface area (Å²) in [4.78, 5) is 0. The molecule has 76 valence electrons. The minimum absolute atomic E-state index is 0.00694. The SMILES string of the molecule is BrCc1ccco1.OCc1ccco1. The molecule has 0 atom stereocenters. The number of alkyl halides is 1. The van der Waals surface area contributed by atoms with E-state index in [0.717, 1.165) is 11.1 Å². The first-order valence-corrected chi connectivity index (χ1v) is 5.20. The van der Waals surface area contributed by atoms with Gasteiger partial charge in [0.05, 0.1) is 17.9 Å². The molecule has 3 nitrogen and oxygen atoms in total. The summed E-state index contributed by atoms with van der Waals surface area (Å²) in [6.07, 6.45) is 3.20. The summed E-state index contributed by atoms with van der Waals surface area (Å²) < 4.78 is 9.67. The van der Waals surface area contributed by atoms with Gasteiger partial charge in [0.2, 0.25) is 0 Å². The van der Waals surface area contributed by atoms with E-state index in [-0.39, 0.29) is 6.61 Å². The molecule has 0 saturated carbocycles. The Kier molecular flexibility index (Phi) is 5.11. The fourth-order valence-electron chi connectivity index (χ4n) is 0.791. The minimum Gasteiger partial charge on any atom is -0.468 e. The van der Waals surface area contributed by atoms with Gasteiger partial charge in [-0.2, -0.15) is 0 Å². The van der Waals surface area contributed by atoms with E-state index in [1.807, 2.05) is 12.1 Å². The first-order chi connectivity index (χ1) is 6.86. The Morgan fingerprint density at radius 3 is 1.86 bits per heavy atom. The van der Waals surface area contributed by atoms with E-state index in [4.69, 9.17) is 13.9 Å². The predicted molar refractivity (Wildman–Crippen MR) is 56.0 cm³/mol. The van der Waals surface area contributed by atoms with Gasteiger partial charge >= 0.3 is 0 Å². The quantitative estimate of drug-likeness (QED) is 0.843. The van der Waals surface area contributed by atoms with Crippen LogP contribution in [0.1, 0.15) is 11.5 Å². The first-order valence-electron chi connectivity index (χ1n) is 4.08. The third-order valence-corrected chi connectivity index (χ3v) is 2.00. The van der Waals surface area contributed by atoms with E-state index in [1.54, 1.807) is 18.4 Å². The molecule has 1 N–H and O–H groups in total. The van der Waals surface area contributed by atoms with Gasteiger partial charge in [-0.25, -0.2) is 0 Å². The Morgan fingerprint density at radius 1 is 1.07 bits per heavy atom. The highest BCUT2D eigenvalue weighted by Crippen LogP contribution is 2.03. The van der Waals surface area contributed by atoms with Crippen LogP contribution in [-0.4, -0.2) is 5.11 Å². The molecular formula is C10H11BrO3. The molecule has 0 aliphatic heterocycles. The molecule has 0 amide bonds. The van der Waals surface area contributed by atoms with Crippen LogP contribution in [0.25, 0.3) is 0 Å². The zero-order valence-corrected chi connectivity index (χ0v) is 9.11. The van der Waals surface area contributed by atoms with E-state index >= 15 is 0 Å². The standard InChI is InChI=1S/C5H5BrO.C5H6O2/c2*6-4-5-2-1-3-7-5/h1-3H,4H2;1-3,6H,4H2. The normalized spacial score (nSPS) is 9.29. The minimum atomic E-state index is -0.00694. The van der Waals surface area contributed by atoms with Gasteiger partial charge in [0.15, 0.2) is 0 Å². The van der Waals surface area contributed by atoms with Gasteiger partial charge in [-0.3, -0.25) is 0 Å². The predicted octanol–water partition coefficient (Wildman–Crippen LogP) is 2.95. The van der Waals surface area contributed by atoms with Crippen molar-refractivity contribution in [2.45, 2.75) is 11.9 Å². The molecule has 2 heterocycles. The molecular weight excluding hydrogens is 248 g/mol. The fraction of sp³-hybridized carbons (Fsp3) is 0.200. The molecule has 0 aromatic carbocycles. The highest BCUT2D eigenvalue weighted by atomic mass is 79.9. The number of hydrogen-bond acceptors (Lipinski definition) is 3. The zero-order chi connectivity index (χ0) is 10.2. The summed E-state index contributed by atoms with van der Waals surface area (Å²) in [5, 5.41) is 9.14. The molecule has 0 aliphatic rings. The van der Waals surface area contributed by atoms with Crippen LogP contribution in [0, 0.1) is 0 Å². The number of hydrogen-bond donors (Lipinski definition) is 1. The van der Waals surface area contributed by atoms with E-state index in [9.17, 15) is 0 Å². The Balaban J connectivity index is 0.000000140. The van der Waals surface area contributed by atoms with Crippen LogP contribution in [0.4, 0.5) is 0 Å². The molecule has 2 aromatic rings. The number of rotatable bonds is 2. The van der Waals surface area contributed by atoms with Crippen molar-refractivity contribution in [2.24, 2.45) is 0 Å². The molecule has 2 aromatic heterocycles. The van der Waals surface area contributed by atoms with E-state index in [2.05, 4.69) is 15.9 Å². The average Bonchev–Trinajstić information content (AvgIpc) is 2.92. The summed E-state index contributed by atoms with van der Waals surface area (Å²) in [5.41, 5.74) is 0. The summed E-state index contributed by atoms with van der Waals surface area (Å²) in [6.45, 7) is -0.00694. The Morgan fingerprint density at radius 2 is 1.64 bits per heavy atom. The van der Waals surface area contributed by atoms with Crippen molar-refractivity contribution in [3.05, 3.63) is 48.3 Å². The molecule has 4 heteroatoms. The maximum atomic E-state index is 8.33. The second-order valence-electron chi connectivity index (χ2n) is 2.45. The van der Waals surface area contributed by atoms with Crippen LogP contribution < -0.4 is 0 Å². The van der Waals surface area contributed by atoms with Gasteiger partial charge in [-0.1, -0.05) is 15.9 Å². The zero-order valence-electron chi connectivity index (χ0n) is 7.52. The maximum absolute atomic E-state index is 8.33. The maximum Gasteiger partial charge on any atom is 0.129 e. The topological polar surface area (TPSA) is 46.5 Å². The van der Waals surface area contributed by atoms with Crippen molar-refractivity contribution in [1.82, 2.24) is 0 Å². The average molecular weight is 259 g/mol. The molecule has 0 bridgehead atoms. The van der Waals surface area contributed by atoms with Gasteiger partial charge < -0.3 is 13.9 Å². The van der Waals surface area contributed by atoms with Gasteiger partial charge in [-0.15, -0.1) is 0 Å². The molecule has 0 saturated heterocycles. The number of aliphatic hydroxyl groups is 1. The van der Waals surface area contributed by atoms with E-state index in [0.29, 0.717) is 5.76 Å². The van der Waals surface area contributed by atoms with Crippen LogP contribution in [0.15, 0.2) is 45.6 Å². The molecule has 0 aliphatic carbocycles. The summed E-state index contributed by atoms with van der Waals surface area (Å²) in [5.74, 6) is 1.58. The Hall–Kier alpha value is -1.00.